The number of carbonyl (C=O) groups excluding carboxylic acids is 3. The molecule has 0 saturated heterocycles. The molecule has 5 heteroatoms. The van der Waals surface area contributed by atoms with Crippen molar-refractivity contribution in [1.82, 2.24) is 0 Å². The van der Waals surface area contributed by atoms with Gasteiger partial charge in [-0.05, 0) is 50.5 Å². The molecule has 1 saturated carbocycles. The number of aryl methyl sites for hydroxylation is 1. The SMILES string of the molecule is CCCCOC(=O)C(CCCCc1ccc(C(=O)C2CC2)cc1)C(=O)OCCCC. The maximum Gasteiger partial charge on any atom is 0.320 e. The van der Waals surface area contributed by atoms with Gasteiger partial charge < -0.3 is 9.47 Å². The Morgan fingerprint density at radius 2 is 1.43 bits per heavy atom. The fourth-order valence-corrected chi connectivity index (χ4v) is 3.26. The van der Waals surface area contributed by atoms with Crippen LogP contribution in [0, 0.1) is 11.8 Å². The van der Waals surface area contributed by atoms with Crippen molar-refractivity contribution in [3.05, 3.63) is 35.4 Å². The van der Waals surface area contributed by atoms with Crippen molar-refractivity contribution < 1.29 is 23.9 Å². The quantitative estimate of drug-likeness (QED) is 0.168. The molecule has 0 N–H and O–H groups in total. The smallest absolute Gasteiger partial charge is 0.320 e. The largest absolute Gasteiger partial charge is 0.465 e. The summed E-state index contributed by atoms with van der Waals surface area (Å²) in [7, 11) is 0. The number of rotatable bonds is 15. The van der Waals surface area contributed by atoms with E-state index in [2.05, 4.69) is 0 Å². The van der Waals surface area contributed by atoms with Crippen molar-refractivity contribution in [3.8, 4) is 0 Å². The third-order valence-electron chi connectivity index (χ3n) is 5.45. The van der Waals surface area contributed by atoms with Crippen molar-refractivity contribution in [2.45, 2.75) is 78.1 Å². The van der Waals surface area contributed by atoms with Crippen LogP contribution in [0.15, 0.2) is 24.3 Å². The highest BCUT2D eigenvalue weighted by molar-refractivity contribution is 5.99. The Labute approximate surface area is 180 Å². The molecular weight excluding hydrogens is 380 g/mol. The second kappa shape index (κ2) is 13.2. The molecule has 0 atom stereocenters. The zero-order valence-electron chi connectivity index (χ0n) is 18.5. The molecule has 0 bridgehead atoms. The summed E-state index contributed by atoms with van der Waals surface area (Å²) in [6.07, 6.45) is 8.37. The zero-order valence-corrected chi connectivity index (χ0v) is 18.5. The van der Waals surface area contributed by atoms with Gasteiger partial charge in [0.05, 0.1) is 13.2 Å². The number of Topliss-reactive ketones (excluding diaryl/α,β-unsaturated/α-hetero) is 1. The van der Waals surface area contributed by atoms with E-state index in [0.717, 1.165) is 68.9 Å². The van der Waals surface area contributed by atoms with Gasteiger partial charge in [0.1, 0.15) is 0 Å². The molecule has 0 aliphatic heterocycles. The summed E-state index contributed by atoms with van der Waals surface area (Å²) in [5.41, 5.74) is 1.96. The summed E-state index contributed by atoms with van der Waals surface area (Å²) in [5.74, 6) is -1.27. The molecule has 1 aliphatic rings. The van der Waals surface area contributed by atoms with Crippen LogP contribution in [0.5, 0.6) is 0 Å². The van der Waals surface area contributed by atoms with E-state index in [1.807, 2.05) is 38.1 Å². The van der Waals surface area contributed by atoms with E-state index >= 15 is 0 Å². The van der Waals surface area contributed by atoms with Crippen molar-refractivity contribution in [2.24, 2.45) is 11.8 Å². The molecule has 5 nitrogen and oxygen atoms in total. The van der Waals surface area contributed by atoms with E-state index in [1.165, 1.54) is 0 Å². The zero-order chi connectivity index (χ0) is 21.8. The molecule has 1 aliphatic carbocycles. The number of hydrogen-bond acceptors (Lipinski definition) is 5. The number of benzene rings is 1. The minimum absolute atomic E-state index is 0.238. The van der Waals surface area contributed by atoms with E-state index in [1.54, 1.807) is 0 Å². The molecule has 166 valence electrons. The summed E-state index contributed by atoms with van der Waals surface area (Å²) >= 11 is 0. The lowest BCUT2D eigenvalue weighted by Crippen LogP contribution is -2.28. The van der Waals surface area contributed by atoms with Crippen LogP contribution in [0.4, 0.5) is 0 Å². The summed E-state index contributed by atoms with van der Waals surface area (Å²) in [6, 6.07) is 7.83. The molecule has 0 aromatic heterocycles. The van der Waals surface area contributed by atoms with Crippen LogP contribution in [0.3, 0.4) is 0 Å². The van der Waals surface area contributed by atoms with Crippen molar-refractivity contribution in [2.75, 3.05) is 13.2 Å². The number of carbonyl (C=O) groups is 3. The molecule has 2 rings (SSSR count). The number of ether oxygens (including phenoxy) is 2. The molecule has 0 unspecified atom stereocenters. The first-order chi connectivity index (χ1) is 14.6. The molecule has 1 aromatic carbocycles. The van der Waals surface area contributed by atoms with Gasteiger partial charge in [0.25, 0.3) is 0 Å². The van der Waals surface area contributed by atoms with E-state index in [-0.39, 0.29) is 11.7 Å². The van der Waals surface area contributed by atoms with E-state index in [9.17, 15) is 14.4 Å². The molecule has 1 aromatic rings. The van der Waals surface area contributed by atoms with Crippen LogP contribution >= 0.6 is 0 Å². The van der Waals surface area contributed by atoms with Gasteiger partial charge in [0.2, 0.25) is 0 Å². The number of unbranched alkanes of at least 4 members (excludes halogenated alkanes) is 3. The van der Waals surface area contributed by atoms with Crippen LogP contribution in [0.1, 0.15) is 87.6 Å². The van der Waals surface area contributed by atoms with E-state index in [4.69, 9.17) is 9.47 Å². The van der Waals surface area contributed by atoms with Crippen molar-refractivity contribution >= 4 is 17.7 Å². The van der Waals surface area contributed by atoms with Gasteiger partial charge in [-0.3, -0.25) is 14.4 Å². The second-order valence-electron chi connectivity index (χ2n) is 8.18. The monoisotopic (exact) mass is 416 g/mol. The van der Waals surface area contributed by atoms with Crippen LogP contribution in [-0.2, 0) is 25.5 Å². The Morgan fingerprint density at radius 1 is 0.867 bits per heavy atom. The van der Waals surface area contributed by atoms with Crippen LogP contribution in [0.25, 0.3) is 0 Å². The fraction of sp³-hybridized carbons (Fsp3) is 0.640. The van der Waals surface area contributed by atoms with Gasteiger partial charge in [0, 0.05) is 11.5 Å². The topological polar surface area (TPSA) is 69.7 Å². The summed E-state index contributed by atoms with van der Waals surface area (Å²) in [5, 5.41) is 0. The first kappa shape index (κ1) is 24.1. The maximum atomic E-state index is 12.4. The van der Waals surface area contributed by atoms with E-state index in [0.29, 0.717) is 19.6 Å². The van der Waals surface area contributed by atoms with Gasteiger partial charge in [-0.15, -0.1) is 0 Å². The Morgan fingerprint density at radius 3 is 1.93 bits per heavy atom. The molecule has 0 radical (unpaired) electrons. The lowest BCUT2D eigenvalue weighted by Gasteiger charge is -2.15. The molecular formula is C25H36O5. The second-order valence-corrected chi connectivity index (χ2v) is 8.18. The molecule has 0 amide bonds. The fourth-order valence-electron chi connectivity index (χ4n) is 3.26. The van der Waals surface area contributed by atoms with Gasteiger partial charge >= 0.3 is 11.9 Å². The third-order valence-corrected chi connectivity index (χ3v) is 5.45. The molecule has 0 spiro atoms. The van der Waals surface area contributed by atoms with Crippen LogP contribution in [-0.4, -0.2) is 30.9 Å². The third kappa shape index (κ3) is 8.29. The van der Waals surface area contributed by atoms with Crippen molar-refractivity contribution in [3.63, 3.8) is 0 Å². The maximum absolute atomic E-state index is 12.4. The molecule has 30 heavy (non-hydrogen) atoms. The number of ketones is 1. The molecule has 0 heterocycles. The lowest BCUT2D eigenvalue weighted by atomic mass is 9.98. The van der Waals surface area contributed by atoms with Gasteiger partial charge in [-0.1, -0.05) is 57.4 Å². The highest BCUT2D eigenvalue weighted by atomic mass is 16.6. The first-order valence-corrected chi connectivity index (χ1v) is 11.5. The Bertz CT molecular complexity index is 653. The average Bonchev–Trinajstić information content (AvgIpc) is 3.59. The standard InChI is InChI=1S/C25H36O5/c1-3-5-17-29-24(27)22(25(28)30-18-6-4-2)10-8-7-9-19-11-13-20(14-12-19)23(26)21-15-16-21/h11-14,21-22H,3-10,15-18H2,1-2H3. The van der Waals surface area contributed by atoms with Crippen molar-refractivity contribution in [1.29, 1.82) is 0 Å². The van der Waals surface area contributed by atoms with Gasteiger partial charge in [-0.2, -0.15) is 0 Å². The highest BCUT2D eigenvalue weighted by Crippen LogP contribution is 2.32. The minimum Gasteiger partial charge on any atom is -0.465 e. The Balaban J connectivity index is 1.79. The van der Waals surface area contributed by atoms with Gasteiger partial charge in [0.15, 0.2) is 11.7 Å². The minimum atomic E-state index is -0.836. The highest BCUT2D eigenvalue weighted by Gasteiger charge is 2.30. The number of hydrogen-bond donors (Lipinski definition) is 0. The van der Waals surface area contributed by atoms with Crippen LogP contribution in [0.2, 0.25) is 0 Å². The normalized spacial score (nSPS) is 13.3. The summed E-state index contributed by atoms with van der Waals surface area (Å²) in [6.45, 7) is 4.75. The predicted octanol–water partition coefficient (Wildman–Crippen LogP) is 5.29. The van der Waals surface area contributed by atoms with Gasteiger partial charge in [-0.25, -0.2) is 0 Å². The Kier molecular flexibility index (Phi) is 10.6. The van der Waals surface area contributed by atoms with E-state index < -0.39 is 17.9 Å². The van der Waals surface area contributed by atoms with Crippen LogP contribution < -0.4 is 0 Å². The predicted molar refractivity (Wildman–Crippen MR) is 116 cm³/mol. The Hall–Kier alpha value is -2.17. The summed E-state index contributed by atoms with van der Waals surface area (Å²) in [4.78, 5) is 36.8. The number of esters is 2. The average molecular weight is 417 g/mol. The summed E-state index contributed by atoms with van der Waals surface area (Å²) < 4.78 is 10.6. The first-order valence-electron chi connectivity index (χ1n) is 11.5. The molecule has 1 fully saturated rings. The lowest BCUT2D eigenvalue weighted by molar-refractivity contribution is -0.162.